The zero-order chi connectivity index (χ0) is 13.7. The van der Waals surface area contributed by atoms with Crippen molar-refractivity contribution in [2.45, 2.75) is 13.5 Å². The zero-order valence-electron chi connectivity index (χ0n) is 11.7. The molecular weight excluding hydrogens is 240 g/mol. The van der Waals surface area contributed by atoms with E-state index >= 15 is 0 Å². The normalized spacial score (nSPS) is 15.8. The van der Waals surface area contributed by atoms with E-state index in [2.05, 4.69) is 10.3 Å². The van der Waals surface area contributed by atoms with Crippen molar-refractivity contribution in [2.24, 2.45) is 0 Å². The molecule has 0 aliphatic carbocycles. The van der Waals surface area contributed by atoms with Crippen LogP contribution in [0.3, 0.4) is 0 Å². The summed E-state index contributed by atoms with van der Waals surface area (Å²) in [4.78, 5) is 20.5. The summed E-state index contributed by atoms with van der Waals surface area (Å²) in [6.45, 7) is 6.57. The van der Waals surface area contributed by atoms with Gasteiger partial charge in [-0.25, -0.2) is 0 Å². The molecule has 5 nitrogen and oxygen atoms in total. The smallest absolute Gasteiger partial charge is 0.236 e. The van der Waals surface area contributed by atoms with Gasteiger partial charge in [-0.1, -0.05) is 6.07 Å². The van der Waals surface area contributed by atoms with Crippen LogP contribution in [0, 0.1) is 6.92 Å². The fourth-order valence-electron chi connectivity index (χ4n) is 2.27. The molecule has 5 heteroatoms. The van der Waals surface area contributed by atoms with Crippen molar-refractivity contribution >= 4 is 5.91 Å². The Bertz CT molecular complexity index is 429. The lowest BCUT2D eigenvalue weighted by Gasteiger charge is -2.29. The van der Waals surface area contributed by atoms with Crippen molar-refractivity contribution in [2.75, 3.05) is 39.8 Å². The predicted molar refractivity (Wildman–Crippen MR) is 74.8 cm³/mol. The summed E-state index contributed by atoms with van der Waals surface area (Å²) in [6, 6.07) is 5.98. The van der Waals surface area contributed by atoms with Gasteiger partial charge < -0.3 is 10.2 Å². The first-order valence-electron chi connectivity index (χ1n) is 6.75. The lowest BCUT2D eigenvalue weighted by atomic mass is 10.3. The summed E-state index contributed by atoms with van der Waals surface area (Å²) in [5.41, 5.74) is 2.02. The van der Waals surface area contributed by atoms with Crippen molar-refractivity contribution in [3.05, 3.63) is 29.6 Å². The quantitative estimate of drug-likeness (QED) is 0.845. The van der Waals surface area contributed by atoms with E-state index in [9.17, 15) is 4.79 Å². The van der Waals surface area contributed by atoms with Crippen molar-refractivity contribution in [3.63, 3.8) is 0 Å². The average Bonchev–Trinajstić information content (AvgIpc) is 2.39. The number of nitrogens with zero attached hydrogens (tertiary/aromatic N) is 3. The Labute approximate surface area is 114 Å². The third kappa shape index (κ3) is 4.29. The minimum absolute atomic E-state index is 0.205. The molecule has 1 aromatic rings. The molecule has 1 saturated heterocycles. The van der Waals surface area contributed by atoms with E-state index in [1.807, 2.05) is 42.0 Å². The molecule has 0 aromatic carbocycles. The van der Waals surface area contributed by atoms with Crippen LogP contribution < -0.4 is 5.32 Å². The molecule has 0 radical (unpaired) electrons. The van der Waals surface area contributed by atoms with E-state index in [4.69, 9.17) is 0 Å². The number of aromatic nitrogens is 1. The summed E-state index contributed by atoms with van der Waals surface area (Å²) in [7, 11) is 1.96. The standard InChI is InChI=1S/C14H22N4O/c1-12-4-3-5-13(16-12)10-17(2)11-14(19)18-8-6-15-7-9-18/h3-5,15H,6-11H2,1-2H3. The molecule has 104 valence electrons. The van der Waals surface area contributed by atoms with Gasteiger partial charge in [0.05, 0.1) is 12.2 Å². The van der Waals surface area contributed by atoms with Crippen molar-refractivity contribution in [1.29, 1.82) is 0 Å². The van der Waals surface area contributed by atoms with Crippen LogP contribution in [0.2, 0.25) is 0 Å². The number of carbonyl (C=O) groups excluding carboxylic acids is 1. The highest BCUT2D eigenvalue weighted by Crippen LogP contribution is 2.03. The summed E-state index contributed by atoms with van der Waals surface area (Å²) in [5.74, 6) is 0.205. The fourth-order valence-corrected chi connectivity index (χ4v) is 2.27. The fraction of sp³-hybridized carbons (Fsp3) is 0.571. The Morgan fingerprint density at radius 2 is 2.16 bits per heavy atom. The van der Waals surface area contributed by atoms with Crippen LogP contribution in [-0.4, -0.2) is 60.5 Å². The number of rotatable bonds is 4. The molecule has 1 amide bonds. The zero-order valence-corrected chi connectivity index (χ0v) is 11.7. The highest BCUT2D eigenvalue weighted by Gasteiger charge is 2.17. The van der Waals surface area contributed by atoms with Crippen LogP contribution in [0.1, 0.15) is 11.4 Å². The SMILES string of the molecule is Cc1cccc(CN(C)CC(=O)N2CCNCC2)n1. The highest BCUT2D eigenvalue weighted by atomic mass is 16.2. The minimum Gasteiger partial charge on any atom is -0.339 e. The van der Waals surface area contributed by atoms with Gasteiger partial charge in [0.15, 0.2) is 0 Å². The van der Waals surface area contributed by atoms with E-state index in [1.165, 1.54) is 0 Å². The van der Waals surface area contributed by atoms with Crippen LogP contribution in [0.5, 0.6) is 0 Å². The summed E-state index contributed by atoms with van der Waals surface area (Å²) < 4.78 is 0. The Hall–Kier alpha value is -1.46. The topological polar surface area (TPSA) is 48.5 Å². The van der Waals surface area contributed by atoms with Crippen LogP contribution in [-0.2, 0) is 11.3 Å². The number of pyridine rings is 1. The third-order valence-electron chi connectivity index (χ3n) is 3.25. The molecule has 1 aliphatic heterocycles. The van der Waals surface area contributed by atoms with E-state index in [0.29, 0.717) is 13.1 Å². The Morgan fingerprint density at radius 3 is 2.84 bits per heavy atom. The molecule has 1 aromatic heterocycles. The van der Waals surface area contributed by atoms with Crippen LogP contribution in [0.25, 0.3) is 0 Å². The first kappa shape index (κ1) is 14.0. The van der Waals surface area contributed by atoms with E-state index in [-0.39, 0.29) is 5.91 Å². The van der Waals surface area contributed by atoms with Crippen molar-refractivity contribution in [3.8, 4) is 0 Å². The maximum atomic E-state index is 12.1. The maximum Gasteiger partial charge on any atom is 0.236 e. The molecule has 19 heavy (non-hydrogen) atoms. The lowest BCUT2D eigenvalue weighted by Crippen LogP contribution is -2.49. The number of aryl methyl sites for hydroxylation is 1. The van der Waals surface area contributed by atoms with Crippen LogP contribution >= 0.6 is 0 Å². The van der Waals surface area contributed by atoms with E-state index < -0.39 is 0 Å². The molecule has 0 saturated carbocycles. The predicted octanol–water partition coefficient (Wildman–Crippen LogP) is 0.254. The largest absolute Gasteiger partial charge is 0.339 e. The molecule has 2 rings (SSSR count). The summed E-state index contributed by atoms with van der Waals surface area (Å²) in [5, 5.41) is 3.25. The number of amides is 1. The van der Waals surface area contributed by atoms with Gasteiger partial charge in [0.2, 0.25) is 5.91 Å². The molecule has 0 bridgehead atoms. The first-order valence-corrected chi connectivity index (χ1v) is 6.75. The first-order chi connectivity index (χ1) is 9.15. The second-order valence-corrected chi connectivity index (χ2v) is 5.07. The number of likely N-dealkylation sites (N-methyl/N-ethyl adjacent to an activating group) is 1. The molecule has 2 heterocycles. The molecular formula is C14H22N4O. The van der Waals surface area contributed by atoms with Gasteiger partial charge in [-0.15, -0.1) is 0 Å². The molecule has 1 aliphatic rings. The minimum atomic E-state index is 0.205. The van der Waals surface area contributed by atoms with Crippen LogP contribution in [0.4, 0.5) is 0 Å². The lowest BCUT2D eigenvalue weighted by molar-refractivity contribution is -0.132. The number of piperazine rings is 1. The molecule has 0 atom stereocenters. The van der Waals surface area contributed by atoms with Gasteiger partial charge in [-0.05, 0) is 26.1 Å². The number of carbonyl (C=O) groups is 1. The molecule has 1 fully saturated rings. The Morgan fingerprint density at radius 1 is 1.42 bits per heavy atom. The molecule has 1 N–H and O–H groups in total. The number of nitrogens with one attached hydrogen (secondary N) is 1. The highest BCUT2D eigenvalue weighted by molar-refractivity contribution is 5.78. The van der Waals surface area contributed by atoms with Gasteiger partial charge in [-0.3, -0.25) is 14.7 Å². The van der Waals surface area contributed by atoms with Gasteiger partial charge in [0, 0.05) is 38.4 Å². The second kappa shape index (κ2) is 6.63. The van der Waals surface area contributed by atoms with E-state index in [1.54, 1.807) is 0 Å². The Kier molecular flexibility index (Phi) is 4.87. The monoisotopic (exact) mass is 262 g/mol. The average molecular weight is 262 g/mol. The number of hydrogen-bond donors (Lipinski definition) is 1. The molecule has 0 unspecified atom stereocenters. The summed E-state index contributed by atoms with van der Waals surface area (Å²) >= 11 is 0. The van der Waals surface area contributed by atoms with Crippen LogP contribution in [0.15, 0.2) is 18.2 Å². The summed E-state index contributed by atoms with van der Waals surface area (Å²) in [6.07, 6.45) is 0. The third-order valence-corrected chi connectivity index (χ3v) is 3.25. The number of hydrogen-bond acceptors (Lipinski definition) is 4. The van der Waals surface area contributed by atoms with Gasteiger partial charge >= 0.3 is 0 Å². The van der Waals surface area contributed by atoms with E-state index in [0.717, 1.165) is 37.6 Å². The Balaban J connectivity index is 1.83. The maximum absolute atomic E-state index is 12.1. The van der Waals surface area contributed by atoms with Crippen molar-refractivity contribution in [1.82, 2.24) is 20.1 Å². The van der Waals surface area contributed by atoms with Gasteiger partial charge in [-0.2, -0.15) is 0 Å². The molecule has 0 spiro atoms. The second-order valence-electron chi connectivity index (χ2n) is 5.07. The van der Waals surface area contributed by atoms with Gasteiger partial charge in [0.25, 0.3) is 0 Å². The van der Waals surface area contributed by atoms with Gasteiger partial charge in [0.1, 0.15) is 0 Å². The van der Waals surface area contributed by atoms with Crippen molar-refractivity contribution < 1.29 is 4.79 Å².